The summed E-state index contributed by atoms with van der Waals surface area (Å²) >= 11 is 0. The van der Waals surface area contributed by atoms with E-state index in [4.69, 9.17) is 5.41 Å². The van der Waals surface area contributed by atoms with E-state index in [-0.39, 0.29) is 6.17 Å². The number of aliphatic imine (C=N–C) groups is 1. The van der Waals surface area contributed by atoms with E-state index in [0.717, 1.165) is 6.34 Å². The Kier molecular flexibility index (Phi) is 3.14. The van der Waals surface area contributed by atoms with Gasteiger partial charge >= 0.3 is 0 Å². The van der Waals surface area contributed by atoms with Crippen molar-refractivity contribution in [1.82, 2.24) is 9.80 Å². The number of hydrogen-bond donors (Lipinski definition) is 1. The number of fused-ring (bicyclic) bond motifs is 6. The third kappa shape index (κ3) is 1.84. The molecule has 1 aliphatic carbocycles. The summed E-state index contributed by atoms with van der Waals surface area (Å²) in [6, 6.07) is 9.03. The first kappa shape index (κ1) is 14.2. The average molecular weight is 310 g/mol. The van der Waals surface area contributed by atoms with Crippen LogP contribution in [0.4, 0.5) is 5.69 Å². The minimum atomic E-state index is 0.256. The van der Waals surface area contributed by atoms with Crippen molar-refractivity contribution in [3.8, 4) is 0 Å². The minimum Gasteiger partial charge on any atom is -0.362 e. The molecule has 5 atom stereocenters. The van der Waals surface area contributed by atoms with E-state index in [0.29, 0.717) is 23.8 Å². The van der Waals surface area contributed by atoms with Gasteiger partial charge in [-0.2, -0.15) is 5.10 Å². The van der Waals surface area contributed by atoms with Gasteiger partial charge in [0.2, 0.25) is 0 Å². The fraction of sp³-hybridized carbons (Fsp3) is 0.471. The maximum absolute atomic E-state index is 7.11. The highest BCUT2D eigenvalue weighted by Gasteiger charge is 2.59. The molecule has 0 radical (unpaired) electrons. The number of hydrazone groups is 1. The van der Waals surface area contributed by atoms with E-state index < -0.39 is 0 Å². The molecule has 6 nitrogen and oxygen atoms in total. The number of para-hydroxylation sites is 1. The zero-order chi connectivity index (χ0) is 16.1. The minimum absolute atomic E-state index is 0.256. The van der Waals surface area contributed by atoms with Crippen molar-refractivity contribution in [1.29, 1.82) is 5.41 Å². The fourth-order valence-corrected chi connectivity index (χ4v) is 4.75. The molecular formula is C17H22N6. The quantitative estimate of drug-likeness (QED) is 0.686. The molecule has 23 heavy (non-hydrogen) atoms. The molecule has 1 aromatic carbocycles. The molecule has 3 aliphatic rings. The summed E-state index contributed by atoms with van der Waals surface area (Å²) in [5, 5.41) is 13.9. The summed E-state index contributed by atoms with van der Waals surface area (Å²) in [7, 11) is 4.16. The van der Waals surface area contributed by atoms with Gasteiger partial charge in [0.15, 0.2) is 0 Å². The number of nitrogens with one attached hydrogen (secondary N) is 1. The number of anilines is 1. The van der Waals surface area contributed by atoms with E-state index in [9.17, 15) is 0 Å². The maximum Gasteiger partial charge on any atom is 0.129 e. The van der Waals surface area contributed by atoms with Gasteiger partial charge in [-0.3, -0.25) is 5.41 Å². The smallest absolute Gasteiger partial charge is 0.129 e. The Bertz CT molecular complexity index is 683. The largest absolute Gasteiger partial charge is 0.362 e. The third-order valence-electron chi connectivity index (χ3n) is 5.62. The highest BCUT2D eigenvalue weighted by atomic mass is 15.6. The van der Waals surface area contributed by atoms with E-state index in [1.165, 1.54) is 11.3 Å². The van der Waals surface area contributed by atoms with Crippen molar-refractivity contribution in [2.24, 2.45) is 21.9 Å². The van der Waals surface area contributed by atoms with Gasteiger partial charge in [-0.15, -0.1) is 0 Å². The molecule has 1 saturated carbocycles. The third-order valence-corrected chi connectivity index (χ3v) is 5.62. The first-order valence-electron chi connectivity index (χ1n) is 8.03. The molecule has 0 spiro atoms. The molecule has 5 unspecified atom stereocenters. The van der Waals surface area contributed by atoms with Crippen LogP contribution in [0.3, 0.4) is 0 Å². The van der Waals surface area contributed by atoms with Crippen LogP contribution in [0.15, 0.2) is 34.4 Å². The molecule has 120 valence electrons. The van der Waals surface area contributed by atoms with Crippen molar-refractivity contribution < 1.29 is 0 Å². The topological polar surface area (TPSA) is 58.3 Å². The van der Waals surface area contributed by atoms with Gasteiger partial charge < -0.3 is 9.80 Å². The Morgan fingerprint density at radius 3 is 2.91 bits per heavy atom. The zero-order valence-electron chi connectivity index (χ0n) is 13.7. The van der Waals surface area contributed by atoms with E-state index in [2.05, 4.69) is 70.2 Å². The predicted molar refractivity (Wildman–Crippen MR) is 93.2 cm³/mol. The summed E-state index contributed by atoms with van der Waals surface area (Å²) < 4.78 is 0. The highest BCUT2D eigenvalue weighted by Crippen LogP contribution is 2.58. The normalized spacial score (nSPS) is 34.0. The molecule has 1 aromatic rings. The lowest BCUT2D eigenvalue weighted by Crippen LogP contribution is -2.66. The second-order valence-corrected chi connectivity index (χ2v) is 6.73. The van der Waals surface area contributed by atoms with E-state index in [1.54, 1.807) is 6.34 Å². The van der Waals surface area contributed by atoms with Crippen LogP contribution in [-0.2, 0) is 0 Å². The van der Waals surface area contributed by atoms with Crippen molar-refractivity contribution >= 4 is 24.7 Å². The number of hydrogen-bond acceptors (Lipinski definition) is 4. The Balaban J connectivity index is 1.75. The van der Waals surface area contributed by atoms with Gasteiger partial charge in [0.05, 0.1) is 12.0 Å². The lowest BCUT2D eigenvalue weighted by Gasteiger charge is -2.60. The van der Waals surface area contributed by atoms with Gasteiger partial charge in [0, 0.05) is 26.1 Å². The van der Waals surface area contributed by atoms with Crippen molar-refractivity contribution in [3.63, 3.8) is 0 Å². The Morgan fingerprint density at radius 1 is 1.35 bits per heavy atom. The zero-order valence-corrected chi connectivity index (χ0v) is 13.7. The van der Waals surface area contributed by atoms with Crippen molar-refractivity contribution in [3.05, 3.63) is 29.8 Å². The molecule has 6 heteroatoms. The number of benzene rings is 1. The number of nitrogens with zero attached hydrogens (tertiary/aromatic N) is 5. The SMILES string of the molecule is CC1C2c3ccccc3N3N=CN(C)C3C2C1N(C)C=NC=N. The van der Waals surface area contributed by atoms with Gasteiger partial charge in [0.25, 0.3) is 0 Å². The number of rotatable bonds is 3. The van der Waals surface area contributed by atoms with Crippen molar-refractivity contribution in [2.75, 3.05) is 19.1 Å². The second kappa shape index (κ2) is 5.08. The standard InChI is InChI=1S/C17H22N6/c1-11-14-12-6-4-5-7-13(12)23-17(22(3)10-20-23)15(14)16(11)21(2)9-19-8-18/h4-11,14-18H,1-3H3. The molecule has 0 saturated heterocycles. The molecule has 1 N–H and O–H groups in total. The van der Waals surface area contributed by atoms with Crippen LogP contribution >= 0.6 is 0 Å². The van der Waals surface area contributed by atoms with E-state index >= 15 is 0 Å². The summed E-state index contributed by atoms with van der Waals surface area (Å²) in [6.07, 6.45) is 5.04. The summed E-state index contributed by atoms with van der Waals surface area (Å²) in [4.78, 5) is 8.36. The maximum atomic E-state index is 7.11. The second-order valence-electron chi connectivity index (χ2n) is 6.73. The lowest BCUT2D eigenvalue weighted by atomic mass is 9.55. The summed E-state index contributed by atoms with van der Waals surface area (Å²) in [5.41, 5.74) is 2.64. The molecule has 2 heterocycles. The van der Waals surface area contributed by atoms with Crippen LogP contribution in [0.1, 0.15) is 18.4 Å². The van der Waals surface area contributed by atoms with Gasteiger partial charge in [0.1, 0.15) is 18.8 Å². The molecule has 4 rings (SSSR count). The molecule has 2 aliphatic heterocycles. The van der Waals surface area contributed by atoms with Crippen LogP contribution in [0.5, 0.6) is 0 Å². The van der Waals surface area contributed by atoms with Crippen LogP contribution in [0.2, 0.25) is 0 Å². The Hall–Kier alpha value is -2.37. The summed E-state index contributed by atoms with van der Waals surface area (Å²) in [6.45, 7) is 2.32. The Morgan fingerprint density at radius 2 is 2.13 bits per heavy atom. The van der Waals surface area contributed by atoms with Gasteiger partial charge in [-0.25, -0.2) is 10.0 Å². The fourth-order valence-electron chi connectivity index (χ4n) is 4.75. The molecule has 1 fully saturated rings. The van der Waals surface area contributed by atoms with E-state index in [1.807, 2.05) is 6.34 Å². The van der Waals surface area contributed by atoms with Crippen LogP contribution < -0.4 is 5.01 Å². The van der Waals surface area contributed by atoms with Crippen LogP contribution in [-0.4, -0.2) is 55.1 Å². The lowest BCUT2D eigenvalue weighted by molar-refractivity contribution is -0.0125. The Labute approximate surface area is 136 Å². The van der Waals surface area contributed by atoms with Crippen LogP contribution in [0, 0.1) is 17.2 Å². The van der Waals surface area contributed by atoms with Crippen LogP contribution in [0.25, 0.3) is 0 Å². The first-order valence-corrected chi connectivity index (χ1v) is 8.03. The first-order chi connectivity index (χ1) is 11.1. The predicted octanol–water partition coefficient (Wildman–Crippen LogP) is 2.01. The molecular weight excluding hydrogens is 288 g/mol. The highest BCUT2D eigenvalue weighted by molar-refractivity contribution is 5.71. The van der Waals surface area contributed by atoms with Crippen molar-refractivity contribution in [2.45, 2.75) is 25.0 Å². The summed E-state index contributed by atoms with van der Waals surface area (Å²) in [5.74, 6) is 1.55. The monoisotopic (exact) mass is 310 g/mol. The molecule has 0 aromatic heterocycles. The molecule has 0 bridgehead atoms. The van der Waals surface area contributed by atoms with Gasteiger partial charge in [-0.05, 0) is 23.5 Å². The van der Waals surface area contributed by atoms with Gasteiger partial charge in [-0.1, -0.05) is 25.1 Å². The molecule has 0 amide bonds. The average Bonchev–Trinajstić information content (AvgIpc) is 2.93.